The highest BCUT2D eigenvalue weighted by Gasteiger charge is 2.48. The molecule has 3 atom stereocenters. The predicted octanol–water partition coefficient (Wildman–Crippen LogP) is 2.28. The highest BCUT2D eigenvalue weighted by atomic mass is 16.5. The maximum atomic E-state index is 12.6. The van der Waals surface area contributed by atoms with E-state index in [1.54, 1.807) is 0 Å². The molecular formula is C15H23N3O3. The van der Waals surface area contributed by atoms with Gasteiger partial charge in [0.1, 0.15) is 0 Å². The minimum absolute atomic E-state index is 0.0296. The van der Waals surface area contributed by atoms with Crippen LogP contribution in [0.25, 0.3) is 0 Å². The lowest BCUT2D eigenvalue weighted by atomic mass is 10.2. The number of aromatic nitrogens is 2. The largest absolute Gasteiger partial charge is 0.378 e. The van der Waals surface area contributed by atoms with Crippen LogP contribution in [0.3, 0.4) is 0 Å². The zero-order valence-corrected chi connectivity index (χ0v) is 12.9. The summed E-state index contributed by atoms with van der Waals surface area (Å²) in [5, 5.41) is 4.08. The third-order valence-corrected chi connectivity index (χ3v) is 4.22. The first-order chi connectivity index (χ1) is 10.1. The van der Waals surface area contributed by atoms with Gasteiger partial charge in [-0.15, -0.1) is 0 Å². The molecule has 1 aliphatic heterocycles. The molecule has 0 unspecified atom stereocenters. The molecular weight excluding hydrogens is 270 g/mol. The highest BCUT2D eigenvalue weighted by molar-refractivity contribution is 5.82. The van der Waals surface area contributed by atoms with E-state index in [9.17, 15) is 4.79 Å². The van der Waals surface area contributed by atoms with Crippen molar-refractivity contribution in [3.8, 4) is 0 Å². The smallest absolute Gasteiger partial charge is 0.229 e. The molecule has 1 amide bonds. The summed E-state index contributed by atoms with van der Waals surface area (Å²) >= 11 is 0. The quantitative estimate of drug-likeness (QED) is 0.833. The van der Waals surface area contributed by atoms with Crippen LogP contribution in [0.15, 0.2) is 4.52 Å². The van der Waals surface area contributed by atoms with Crippen LogP contribution in [0.4, 0.5) is 0 Å². The van der Waals surface area contributed by atoms with Crippen LogP contribution in [0.1, 0.15) is 63.7 Å². The van der Waals surface area contributed by atoms with Crippen LogP contribution in [0.2, 0.25) is 0 Å². The van der Waals surface area contributed by atoms with Gasteiger partial charge in [-0.3, -0.25) is 4.79 Å². The number of ether oxygens (including phenoxy) is 1. The Hall–Kier alpha value is -1.43. The first-order valence-electron chi connectivity index (χ1n) is 7.87. The molecule has 116 valence electrons. The number of hydrogen-bond donors (Lipinski definition) is 0. The predicted molar refractivity (Wildman–Crippen MR) is 75.6 cm³/mol. The zero-order valence-electron chi connectivity index (χ0n) is 12.9. The molecule has 6 nitrogen and oxygen atoms in total. The normalized spacial score (nSPS) is 28.4. The Bertz CT molecular complexity index is 514. The fourth-order valence-corrected chi connectivity index (χ4v) is 2.96. The number of carbonyl (C=O) groups excluding carboxylic acids is 1. The van der Waals surface area contributed by atoms with Gasteiger partial charge in [0.2, 0.25) is 11.8 Å². The molecule has 1 aliphatic carbocycles. The van der Waals surface area contributed by atoms with Gasteiger partial charge in [0.05, 0.1) is 18.1 Å². The van der Waals surface area contributed by atoms with E-state index in [0.29, 0.717) is 18.3 Å². The Kier molecular flexibility index (Phi) is 3.97. The lowest BCUT2D eigenvalue weighted by Gasteiger charge is -2.22. The highest BCUT2D eigenvalue weighted by Crippen LogP contribution is 2.40. The summed E-state index contributed by atoms with van der Waals surface area (Å²) < 4.78 is 10.8. The van der Waals surface area contributed by atoms with E-state index in [1.165, 1.54) is 0 Å². The van der Waals surface area contributed by atoms with Crippen LogP contribution in [-0.2, 0) is 9.53 Å². The van der Waals surface area contributed by atoms with E-state index in [0.717, 1.165) is 25.8 Å². The summed E-state index contributed by atoms with van der Waals surface area (Å²) in [6.45, 7) is 7.45. The van der Waals surface area contributed by atoms with Gasteiger partial charge < -0.3 is 14.2 Å². The van der Waals surface area contributed by atoms with E-state index >= 15 is 0 Å². The minimum Gasteiger partial charge on any atom is -0.378 e. The zero-order chi connectivity index (χ0) is 15.0. The van der Waals surface area contributed by atoms with Gasteiger partial charge in [0.25, 0.3) is 0 Å². The summed E-state index contributed by atoms with van der Waals surface area (Å²) in [6.07, 6.45) is 2.86. The van der Waals surface area contributed by atoms with E-state index < -0.39 is 0 Å². The topological polar surface area (TPSA) is 68.5 Å². The minimum atomic E-state index is -0.0309. The monoisotopic (exact) mass is 293 g/mol. The van der Waals surface area contributed by atoms with Gasteiger partial charge in [-0.2, -0.15) is 4.98 Å². The maximum Gasteiger partial charge on any atom is 0.229 e. The van der Waals surface area contributed by atoms with Crippen LogP contribution in [0.5, 0.6) is 0 Å². The summed E-state index contributed by atoms with van der Waals surface area (Å²) in [4.78, 5) is 18.9. The molecule has 1 aromatic rings. The molecule has 6 heteroatoms. The molecule has 21 heavy (non-hydrogen) atoms. The number of nitrogens with zero attached hydrogens (tertiary/aromatic N) is 3. The summed E-state index contributed by atoms with van der Waals surface area (Å²) in [7, 11) is 0. The fraction of sp³-hybridized carbons (Fsp3) is 0.800. The number of rotatable bonds is 5. The second-order valence-electron chi connectivity index (χ2n) is 6.17. The molecule has 0 aromatic carbocycles. The van der Waals surface area contributed by atoms with Crippen molar-refractivity contribution in [1.29, 1.82) is 0 Å². The molecule has 2 heterocycles. The van der Waals surface area contributed by atoms with Crippen molar-refractivity contribution < 1.29 is 14.1 Å². The van der Waals surface area contributed by atoms with E-state index in [-0.39, 0.29) is 29.9 Å². The standard InChI is InChI=1S/C15H23N3O3/c1-4-20-12-8-10(12)15(19)18-7-5-6-11(18)13-16-14(9(2)3)21-17-13/h9-12H,4-8H2,1-3H3/t10-,11+,12+/m0/s1. The Morgan fingerprint density at radius 1 is 1.52 bits per heavy atom. The van der Waals surface area contributed by atoms with Crippen molar-refractivity contribution in [2.24, 2.45) is 5.92 Å². The van der Waals surface area contributed by atoms with Crippen molar-refractivity contribution in [1.82, 2.24) is 15.0 Å². The molecule has 3 rings (SSSR count). The van der Waals surface area contributed by atoms with Gasteiger partial charge >= 0.3 is 0 Å². The molecule has 0 spiro atoms. The van der Waals surface area contributed by atoms with Crippen LogP contribution in [-0.4, -0.2) is 40.2 Å². The summed E-state index contributed by atoms with van der Waals surface area (Å²) in [5.74, 6) is 1.72. The van der Waals surface area contributed by atoms with Crippen molar-refractivity contribution in [2.75, 3.05) is 13.2 Å². The van der Waals surface area contributed by atoms with Gasteiger partial charge in [0.15, 0.2) is 5.82 Å². The Morgan fingerprint density at radius 3 is 3.00 bits per heavy atom. The van der Waals surface area contributed by atoms with Crippen molar-refractivity contribution in [2.45, 2.75) is 58.1 Å². The fourth-order valence-electron chi connectivity index (χ4n) is 2.96. The van der Waals surface area contributed by atoms with E-state index in [4.69, 9.17) is 9.26 Å². The number of carbonyl (C=O) groups is 1. The molecule has 0 radical (unpaired) electrons. The Labute approximate surface area is 124 Å². The first-order valence-corrected chi connectivity index (χ1v) is 7.87. The third kappa shape index (κ3) is 2.81. The molecule has 0 bridgehead atoms. The summed E-state index contributed by atoms with van der Waals surface area (Å²) in [5.41, 5.74) is 0. The number of hydrogen-bond acceptors (Lipinski definition) is 5. The molecule has 0 N–H and O–H groups in total. The lowest BCUT2D eigenvalue weighted by Crippen LogP contribution is -2.33. The summed E-state index contributed by atoms with van der Waals surface area (Å²) in [6, 6.07) is -0.0309. The Morgan fingerprint density at radius 2 is 2.33 bits per heavy atom. The van der Waals surface area contributed by atoms with E-state index in [1.807, 2.05) is 25.7 Å². The molecule has 1 aromatic heterocycles. The van der Waals surface area contributed by atoms with Gasteiger partial charge in [-0.1, -0.05) is 19.0 Å². The number of amides is 1. The third-order valence-electron chi connectivity index (χ3n) is 4.22. The average Bonchev–Trinajstić information content (AvgIpc) is 2.92. The Balaban J connectivity index is 1.69. The SMILES string of the molecule is CCO[C@@H]1C[C@@H]1C(=O)N1CCC[C@@H]1c1noc(C(C)C)n1. The van der Waals surface area contributed by atoms with Gasteiger partial charge in [0, 0.05) is 19.1 Å². The van der Waals surface area contributed by atoms with Crippen LogP contribution in [0, 0.1) is 5.92 Å². The average molecular weight is 293 g/mol. The molecule has 1 saturated carbocycles. The van der Waals surface area contributed by atoms with Gasteiger partial charge in [-0.25, -0.2) is 0 Å². The van der Waals surface area contributed by atoms with Crippen LogP contribution < -0.4 is 0 Å². The molecule has 1 saturated heterocycles. The molecule has 2 fully saturated rings. The van der Waals surface area contributed by atoms with Crippen LogP contribution >= 0.6 is 0 Å². The van der Waals surface area contributed by atoms with Crippen molar-refractivity contribution in [3.05, 3.63) is 11.7 Å². The van der Waals surface area contributed by atoms with E-state index in [2.05, 4.69) is 10.1 Å². The second-order valence-corrected chi connectivity index (χ2v) is 6.17. The van der Waals surface area contributed by atoms with Crippen molar-refractivity contribution in [3.63, 3.8) is 0 Å². The second kappa shape index (κ2) is 5.75. The number of likely N-dealkylation sites (tertiary alicyclic amines) is 1. The lowest BCUT2D eigenvalue weighted by molar-refractivity contribution is -0.134. The molecule has 2 aliphatic rings. The van der Waals surface area contributed by atoms with Gasteiger partial charge in [-0.05, 0) is 26.2 Å². The maximum absolute atomic E-state index is 12.6. The first kappa shape index (κ1) is 14.5. The van der Waals surface area contributed by atoms with Crippen molar-refractivity contribution >= 4 is 5.91 Å².